The zero-order valence-corrected chi connectivity index (χ0v) is 12.0. The van der Waals surface area contributed by atoms with Gasteiger partial charge >= 0.3 is 0 Å². The summed E-state index contributed by atoms with van der Waals surface area (Å²) in [5.41, 5.74) is 3.11. The van der Waals surface area contributed by atoms with Crippen LogP contribution in [-0.4, -0.2) is 15.0 Å². The Balaban J connectivity index is 1.82. The number of benzene rings is 1. The fourth-order valence-corrected chi connectivity index (χ4v) is 2.25. The Kier molecular flexibility index (Phi) is 3.35. The van der Waals surface area contributed by atoms with Crippen LogP contribution in [0.1, 0.15) is 11.1 Å². The number of imidazole rings is 1. The molecule has 0 saturated carbocycles. The molecule has 0 amide bonds. The first-order valence-electron chi connectivity index (χ1n) is 5.99. The molecule has 98 valence electrons. The van der Waals surface area contributed by atoms with E-state index in [0.29, 0.717) is 23.7 Å². The molecule has 0 atom stereocenters. The number of fused-ring (bicyclic) bond motifs is 1. The summed E-state index contributed by atoms with van der Waals surface area (Å²) < 4.78 is 0.898. The van der Waals surface area contributed by atoms with E-state index in [-0.39, 0.29) is 0 Å². The minimum atomic E-state index is 0.532. The van der Waals surface area contributed by atoms with Crippen molar-refractivity contribution < 1.29 is 0 Å². The first kappa shape index (κ1) is 12.6. The topological polar surface area (TPSA) is 77.4 Å². The molecule has 1 aromatic carbocycles. The number of aromatic nitrogens is 3. The van der Waals surface area contributed by atoms with Gasteiger partial charge in [-0.25, -0.2) is 4.98 Å². The van der Waals surface area contributed by atoms with E-state index in [1.807, 2.05) is 24.3 Å². The van der Waals surface area contributed by atoms with Crippen molar-refractivity contribution in [3.8, 4) is 6.07 Å². The molecule has 2 heterocycles. The Morgan fingerprint density at radius 3 is 3.05 bits per heavy atom. The van der Waals surface area contributed by atoms with Gasteiger partial charge in [-0.1, -0.05) is 18.2 Å². The standard InChI is InChI=1S/C14H10BrN5/c15-11-5-12-13(17-8-11)20-14(19-12)18-7-10-4-2-1-3-9(10)6-16/h1-5,8H,7H2,(H2,17,18,19,20). The lowest BCUT2D eigenvalue weighted by atomic mass is 10.1. The molecule has 3 aromatic rings. The second-order valence-electron chi connectivity index (χ2n) is 4.23. The number of hydrogen-bond donors (Lipinski definition) is 2. The highest BCUT2D eigenvalue weighted by atomic mass is 79.9. The summed E-state index contributed by atoms with van der Waals surface area (Å²) in [4.78, 5) is 11.7. The van der Waals surface area contributed by atoms with E-state index in [4.69, 9.17) is 5.26 Å². The molecule has 0 saturated heterocycles. The van der Waals surface area contributed by atoms with Crippen LogP contribution >= 0.6 is 15.9 Å². The van der Waals surface area contributed by atoms with Gasteiger partial charge in [0.2, 0.25) is 5.95 Å². The van der Waals surface area contributed by atoms with E-state index in [1.165, 1.54) is 0 Å². The highest BCUT2D eigenvalue weighted by molar-refractivity contribution is 9.10. The normalized spacial score (nSPS) is 10.4. The molecule has 0 aliphatic rings. The first-order chi connectivity index (χ1) is 9.76. The number of nitrogens with one attached hydrogen (secondary N) is 2. The van der Waals surface area contributed by atoms with Crippen molar-refractivity contribution in [2.24, 2.45) is 0 Å². The Hall–Kier alpha value is -2.39. The van der Waals surface area contributed by atoms with Gasteiger partial charge in [0.25, 0.3) is 0 Å². The third kappa shape index (κ3) is 2.49. The molecule has 0 radical (unpaired) electrons. The number of rotatable bonds is 3. The molecule has 3 rings (SSSR count). The average Bonchev–Trinajstić information content (AvgIpc) is 2.87. The van der Waals surface area contributed by atoms with Crippen molar-refractivity contribution in [2.45, 2.75) is 6.54 Å². The van der Waals surface area contributed by atoms with E-state index >= 15 is 0 Å². The van der Waals surface area contributed by atoms with Gasteiger partial charge in [0.05, 0.1) is 17.1 Å². The maximum Gasteiger partial charge on any atom is 0.202 e. The number of pyridine rings is 1. The van der Waals surface area contributed by atoms with Crippen LogP contribution in [0, 0.1) is 11.3 Å². The molecule has 20 heavy (non-hydrogen) atoms. The second-order valence-corrected chi connectivity index (χ2v) is 5.15. The summed E-state index contributed by atoms with van der Waals surface area (Å²) in [5.74, 6) is 0.637. The van der Waals surface area contributed by atoms with Gasteiger partial charge < -0.3 is 10.3 Å². The van der Waals surface area contributed by atoms with Crippen LogP contribution < -0.4 is 5.32 Å². The Bertz CT molecular complexity index is 803. The second kappa shape index (κ2) is 5.31. The Labute approximate surface area is 123 Å². The fourth-order valence-electron chi connectivity index (χ4n) is 1.92. The highest BCUT2D eigenvalue weighted by Crippen LogP contribution is 2.17. The number of anilines is 1. The van der Waals surface area contributed by atoms with E-state index in [1.54, 1.807) is 12.3 Å². The number of halogens is 1. The van der Waals surface area contributed by atoms with E-state index in [2.05, 4.69) is 42.3 Å². The summed E-state index contributed by atoms with van der Waals surface area (Å²) in [6.45, 7) is 0.532. The van der Waals surface area contributed by atoms with Crippen LogP contribution in [0.2, 0.25) is 0 Å². The third-order valence-electron chi connectivity index (χ3n) is 2.89. The Morgan fingerprint density at radius 2 is 2.20 bits per heavy atom. The van der Waals surface area contributed by atoms with Gasteiger partial charge in [0.1, 0.15) is 0 Å². The summed E-state index contributed by atoms with van der Waals surface area (Å²) >= 11 is 3.37. The molecule has 0 aliphatic heterocycles. The van der Waals surface area contributed by atoms with Crippen molar-refractivity contribution in [1.29, 1.82) is 5.26 Å². The van der Waals surface area contributed by atoms with E-state index in [0.717, 1.165) is 15.6 Å². The lowest BCUT2D eigenvalue weighted by Gasteiger charge is -2.04. The predicted molar refractivity (Wildman–Crippen MR) is 80.1 cm³/mol. The van der Waals surface area contributed by atoms with Gasteiger partial charge in [0, 0.05) is 17.2 Å². The molecule has 0 aliphatic carbocycles. The van der Waals surface area contributed by atoms with E-state index in [9.17, 15) is 0 Å². The number of H-pyrrole nitrogens is 1. The molecule has 0 bridgehead atoms. The van der Waals surface area contributed by atoms with Gasteiger partial charge in [-0.15, -0.1) is 0 Å². The molecular formula is C14H10BrN5. The molecule has 5 nitrogen and oxygen atoms in total. The monoisotopic (exact) mass is 327 g/mol. The number of nitrogens with zero attached hydrogens (tertiary/aromatic N) is 3. The lowest BCUT2D eigenvalue weighted by molar-refractivity contribution is 1.09. The lowest BCUT2D eigenvalue weighted by Crippen LogP contribution is -2.02. The summed E-state index contributed by atoms with van der Waals surface area (Å²) in [6.07, 6.45) is 1.71. The van der Waals surface area contributed by atoms with Crippen LogP contribution in [0.3, 0.4) is 0 Å². The number of nitriles is 1. The third-order valence-corrected chi connectivity index (χ3v) is 3.32. The molecule has 0 fully saturated rings. The molecule has 6 heteroatoms. The SMILES string of the molecule is N#Cc1ccccc1CNc1nc2ncc(Br)cc2[nH]1. The number of aromatic amines is 1. The van der Waals surface area contributed by atoms with Crippen molar-refractivity contribution in [3.05, 3.63) is 52.1 Å². The van der Waals surface area contributed by atoms with Crippen LogP contribution in [0.5, 0.6) is 0 Å². The quantitative estimate of drug-likeness (QED) is 0.774. The summed E-state index contributed by atoms with van der Waals surface area (Å²) in [7, 11) is 0. The minimum Gasteiger partial charge on any atom is -0.352 e. The zero-order chi connectivity index (χ0) is 13.9. The maximum absolute atomic E-state index is 9.04. The summed E-state index contributed by atoms with van der Waals surface area (Å²) in [6, 6.07) is 11.6. The molecule has 0 spiro atoms. The van der Waals surface area contributed by atoms with Crippen molar-refractivity contribution >= 4 is 33.0 Å². The van der Waals surface area contributed by atoms with Crippen LogP contribution in [0.25, 0.3) is 11.2 Å². The largest absolute Gasteiger partial charge is 0.352 e. The van der Waals surface area contributed by atoms with Gasteiger partial charge in [-0.2, -0.15) is 10.2 Å². The van der Waals surface area contributed by atoms with Crippen molar-refractivity contribution in [2.75, 3.05) is 5.32 Å². The van der Waals surface area contributed by atoms with E-state index < -0.39 is 0 Å². The first-order valence-corrected chi connectivity index (χ1v) is 6.79. The smallest absolute Gasteiger partial charge is 0.202 e. The molecule has 2 aromatic heterocycles. The van der Waals surface area contributed by atoms with Crippen molar-refractivity contribution in [3.63, 3.8) is 0 Å². The summed E-state index contributed by atoms with van der Waals surface area (Å²) in [5, 5.41) is 12.2. The van der Waals surface area contributed by atoms with Crippen LogP contribution in [0.15, 0.2) is 41.0 Å². The van der Waals surface area contributed by atoms with Gasteiger partial charge in [-0.05, 0) is 33.6 Å². The maximum atomic E-state index is 9.04. The minimum absolute atomic E-state index is 0.532. The van der Waals surface area contributed by atoms with Crippen LogP contribution in [-0.2, 0) is 6.54 Å². The van der Waals surface area contributed by atoms with Gasteiger partial charge in [0.15, 0.2) is 5.65 Å². The fraction of sp³-hybridized carbons (Fsp3) is 0.0714. The van der Waals surface area contributed by atoms with Crippen LogP contribution in [0.4, 0.5) is 5.95 Å². The van der Waals surface area contributed by atoms with Gasteiger partial charge in [-0.3, -0.25) is 0 Å². The molecular weight excluding hydrogens is 318 g/mol. The number of hydrogen-bond acceptors (Lipinski definition) is 4. The highest BCUT2D eigenvalue weighted by Gasteiger charge is 2.05. The Morgan fingerprint density at radius 1 is 1.35 bits per heavy atom. The molecule has 0 unspecified atom stereocenters. The average molecular weight is 328 g/mol. The molecule has 2 N–H and O–H groups in total. The zero-order valence-electron chi connectivity index (χ0n) is 10.4. The van der Waals surface area contributed by atoms with Crippen molar-refractivity contribution in [1.82, 2.24) is 15.0 Å². The predicted octanol–water partition coefficient (Wildman–Crippen LogP) is 3.20.